The number of likely N-dealkylation sites (tertiary alicyclic amines) is 1. The number of rotatable bonds is 8. The first kappa shape index (κ1) is 29.2. The Labute approximate surface area is 264 Å². The number of carboxylic acids is 1. The molecule has 1 saturated heterocycles. The standard InChI is InChI=1S/C37H40N6O2/c1-23(2)33(26-10-12-27(13-11-26)37(44)45)42-21-28(22-42)24-14-16-29(17-15-24)43-35(30-9-6-20-39-34(30)38)41-32-19-18-31(40-36(32)43)25-7-4-3-5-8-25/h3-9,14-20,23,26-28,33H,10-13,21-22H2,1-2H3,(H2,38,39)(H,44,45)/t26?,27?,33-/m0/s1. The lowest BCUT2D eigenvalue weighted by Gasteiger charge is -2.50. The number of pyridine rings is 2. The molecule has 2 aromatic carbocycles. The molecule has 2 fully saturated rings. The number of hydrogen-bond donors (Lipinski definition) is 2. The third-order valence-electron chi connectivity index (χ3n) is 9.89. The van der Waals surface area contributed by atoms with Crippen molar-refractivity contribution in [3.63, 3.8) is 0 Å². The fourth-order valence-corrected chi connectivity index (χ4v) is 7.59. The molecule has 8 heteroatoms. The molecule has 0 bridgehead atoms. The Morgan fingerprint density at radius 3 is 2.29 bits per heavy atom. The number of imidazole rings is 1. The summed E-state index contributed by atoms with van der Waals surface area (Å²) in [7, 11) is 0. The third-order valence-corrected chi connectivity index (χ3v) is 9.89. The van der Waals surface area contributed by atoms with E-state index in [2.05, 4.69) is 64.7 Å². The fraction of sp³-hybridized carbons (Fsp3) is 0.351. The topological polar surface area (TPSA) is 110 Å². The van der Waals surface area contributed by atoms with E-state index < -0.39 is 5.97 Å². The van der Waals surface area contributed by atoms with Gasteiger partial charge >= 0.3 is 5.97 Å². The lowest BCUT2D eigenvalue weighted by Crippen LogP contribution is -2.55. The van der Waals surface area contributed by atoms with E-state index in [0.29, 0.717) is 35.4 Å². The van der Waals surface area contributed by atoms with Crippen molar-refractivity contribution in [1.82, 2.24) is 24.4 Å². The van der Waals surface area contributed by atoms with Crippen LogP contribution in [-0.2, 0) is 4.79 Å². The number of aliphatic carboxylic acids is 1. The van der Waals surface area contributed by atoms with Crippen molar-refractivity contribution in [3.05, 3.63) is 90.6 Å². The summed E-state index contributed by atoms with van der Waals surface area (Å²) < 4.78 is 2.09. The van der Waals surface area contributed by atoms with E-state index in [1.165, 1.54) is 5.56 Å². The summed E-state index contributed by atoms with van der Waals surface area (Å²) in [5, 5.41) is 9.45. The minimum atomic E-state index is -0.630. The number of nitrogen functional groups attached to an aromatic ring is 1. The van der Waals surface area contributed by atoms with Gasteiger partial charge in [0, 0.05) is 42.5 Å². The number of carbonyl (C=O) groups is 1. The number of nitrogens with two attached hydrogens (primary N) is 1. The molecule has 2 aliphatic rings. The molecule has 4 heterocycles. The van der Waals surface area contributed by atoms with Gasteiger partial charge in [-0.15, -0.1) is 0 Å². The quantitative estimate of drug-likeness (QED) is 0.196. The maximum atomic E-state index is 11.5. The largest absolute Gasteiger partial charge is 0.481 e. The average molecular weight is 601 g/mol. The lowest BCUT2D eigenvalue weighted by atomic mass is 9.73. The predicted octanol–water partition coefficient (Wildman–Crippen LogP) is 7.05. The first-order valence-corrected chi connectivity index (χ1v) is 16.1. The SMILES string of the molecule is CC(C)[C@@H](C1CCC(C(=O)O)CC1)N1CC(c2ccc(-n3c(-c4cccnc4N)nc4ccc(-c5ccccc5)nc43)cc2)C1. The van der Waals surface area contributed by atoms with E-state index in [9.17, 15) is 9.90 Å². The van der Waals surface area contributed by atoms with E-state index in [-0.39, 0.29) is 5.92 Å². The summed E-state index contributed by atoms with van der Waals surface area (Å²) in [6.07, 6.45) is 5.33. The Morgan fingerprint density at radius 2 is 1.62 bits per heavy atom. The number of carboxylic acid groups (broad SMARTS) is 1. The molecule has 230 valence electrons. The highest BCUT2D eigenvalue weighted by Crippen LogP contribution is 2.40. The average Bonchev–Trinajstić information content (AvgIpc) is 3.42. The number of nitrogens with zero attached hydrogens (tertiary/aromatic N) is 5. The van der Waals surface area contributed by atoms with Crippen LogP contribution >= 0.6 is 0 Å². The molecule has 0 radical (unpaired) electrons. The number of benzene rings is 2. The van der Waals surface area contributed by atoms with Gasteiger partial charge in [-0.25, -0.2) is 15.0 Å². The highest BCUT2D eigenvalue weighted by molar-refractivity contribution is 5.84. The molecule has 1 atom stereocenters. The molecular weight excluding hydrogens is 560 g/mol. The van der Waals surface area contributed by atoms with E-state index in [0.717, 1.165) is 72.4 Å². The molecule has 5 aromatic rings. The molecule has 1 aliphatic carbocycles. The molecular formula is C37H40N6O2. The molecule has 45 heavy (non-hydrogen) atoms. The van der Waals surface area contributed by atoms with Gasteiger partial charge in [-0.1, -0.05) is 56.3 Å². The van der Waals surface area contributed by atoms with Gasteiger partial charge in [0.25, 0.3) is 0 Å². The minimum Gasteiger partial charge on any atom is -0.481 e. The molecule has 0 unspecified atom stereocenters. The van der Waals surface area contributed by atoms with Gasteiger partial charge in [0.15, 0.2) is 11.5 Å². The second kappa shape index (κ2) is 12.1. The Kier molecular flexibility index (Phi) is 7.83. The van der Waals surface area contributed by atoms with Gasteiger partial charge in [0.2, 0.25) is 0 Å². The van der Waals surface area contributed by atoms with Gasteiger partial charge in [-0.2, -0.15) is 0 Å². The van der Waals surface area contributed by atoms with Crippen LogP contribution in [0.25, 0.3) is 39.5 Å². The maximum absolute atomic E-state index is 11.5. The molecule has 1 saturated carbocycles. The van der Waals surface area contributed by atoms with Gasteiger partial charge in [-0.05, 0) is 79.5 Å². The number of aromatic nitrogens is 4. The molecule has 8 nitrogen and oxygen atoms in total. The second-order valence-electron chi connectivity index (χ2n) is 13.0. The van der Waals surface area contributed by atoms with Crippen molar-refractivity contribution in [2.45, 2.75) is 51.5 Å². The molecule has 7 rings (SSSR count). The van der Waals surface area contributed by atoms with Crippen LogP contribution in [0.2, 0.25) is 0 Å². The van der Waals surface area contributed by atoms with Crippen molar-refractivity contribution in [3.8, 4) is 28.3 Å². The summed E-state index contributed by atoms with van der Waals surface area (Å²) in [5.41, 5.74) is 12.9. The first-order chi connectivity index (χ1) is 21.9. The molecule has 3 N–H and O–H groups in total. The number of hydrogen-bond acceptors (Lipinski definition) is 6. The summed E-state index contributed by atoms with van der Waals surface area (Å²) in [6.45, 7) is 6.70. The minimum absolute atomic E-state index is 0.167. The van der Waals surface area contributed by atoms with E-state index >= 15 is 0 Å². The monoisotopic (exact) mass is 600 g/mol. The fourth-order valence-electron chi connectivity index (χ4n) is 7.59. The lowest BCUT2D eigenvalue weighted by molar-refractivity contribution is -0.143. The molecule has 0 spiro atoms. The van der Waals surface area contributed by atoms with Crippen molar-refractivity contribution in [1.29, 1.82) is 0 Å². The van der Waals surface area contributed by atoms with Crippen LogP contribution in [0.4, 0.5) is 5.82 Å². The van der Waals surface area contributed by atoms with Crippen LogP contribution in [0.1, 0.15) is 51.0 Å². The molecule has 0 amide bonds. The zero-order valence-corrected chi connectivity index (χ0v) is 25.9. The molecule has 1 aliphatic heterocycles. The van der Waals surface area contributed by atoms with E-state index in [1.807, 2.05) is 42.5 Å². The van der Waals surface area contributed by atoms with Crippen LogP contribution < -0.4 is 5.73 Å². The zero-order valence-electron chi connectivity index (χ0n) is 25.9. The van der Waals surface area contributed by atoms with Crippen molar-refractivity contribution in [2.75, 3.05) is 18.8 Å². The highest BCUT2D eigenvalue weighted by Gasteiger charge is 2.40. The highest BCUT2D eigenvalue weighted by atomic mass is 16.4. The van der Waals surface area contributed by atoms with Crippen LogP contribution in [0, 0.1) is 17.8 Å². The van der Waals surface area contributed by atoms with Gasteiger partial charge in [0.05, 0.1) is 17.2 Å². The van der Waals surface area contributed by atoms with Gasteiger partial charge in [0.1, 0.15) is 11.3 Å². The zero-order chi connectivity index (χ0) is 31.1. The Hall–Kier alpha value is -4.56. The predicted molar refractivity (Wildman–Crippen MR) is 178 cm³/mol. The Morgan fingerprint density at radius 1 is 0.889 bits per heavy atom. The van der Waals surface area contributed by atoms with Crippen LogP contribution in [-0.4, -0.2) is 54.6 Å². The Balaban J connectivity index is 1.16. The van der Waals surface area contributed by atoms with Crippen molar-refractivity contribution < 1.29 is 9.90 Å². The summed E-state index contributed by atoms with van der Waals surface area (Å²) in [5.74, 6) is 1.94. The number of anilines is 1. The van der Waals surface area contributed by atoms with Crippen LogP contribution in [0.15, 0.2) is 85.1 Å². The van der Waals surface area contributed by atoms with E-state index in [4.69, 9.17) is 15.7 Å². The maximum Gasteiger partial charge on any atom is 0.306 e. The van der Waals surface area contributed by atoms with Crippen molar-refractivity contribution in [2.24, 2.45) is 17.8 Å². The summed E-state index contributed by atoms with van der Waals surface area (Å²) in [6, 6.07) is 27.4. The van der Waals surface area contributed by atoms with Crippen LogP contribution in [0.3, 0.4) is 0 Å². The number of fused-ring (bicyclic) bond motifs is 1. The van der Waals surface area contributed by atoms with Gasteiger partial charge in [-0.3, -0.25) is 14.3 Å². The van der Waals surface area contributed by atoms with Crippen molar-refractivity contribution >= 4 is 23.0 Å². The van der Waals surface area contributed by atoms with Crippen LogP contribution in [0.5, 0.6) is 0 Å². The van der Waals surface area contributed by atoms with Gasteiger partial charge < -0.3 is 10.8 Å². The second-order valence-corrected chi connectivity index (χ2v) is 13.0. The van der Waals surface area contributed by atoms with E-state index in [1.54, 1.807) is 6.20 Å². The summed E-state index contributed by atoms with van der Waals surface area (Å²) in [4.78, 5) is 28.5. The first-order valence-electron chi connectivity index (χ1n) is 16.1. The summed E-state index contributed by atoms with van der Waals surface area (Å²) >= 11 is 0. The Bertz CT molecular complexity index is 1800. The normalized spacial score (nSPS) is 19.9. The molecule has 3 aromatic heterocycles. The smallest absolute Gasteiger partial charge is 0.306 e. The third kappa shape index (κ3) is 5.59.